The number of hydrogen-bond donors (Lipinski definition) is 1. The van der Waals surface area contributed by atoms with Crippen LogP contribution in [0.2, 0.25) is 0 Å². The third kappa shape index (κ3) is 6.95. The van der Waals surface area contributed by atoms with Crippen LogP contribution >= 0.6 is 0 Å². The van der Waals surface area contributed by atoms with E-state index in [1.54, 1.807) is 35.2 Å². The van der Waals surface area contributed by atoms with Crippen LogP contribution in [0.25, 0.3) is 10.9 Å². The number of nitrogens with zero attached hydrogens (tertiary/aromatic N) is 3. The van der Waals surface area contributed by atoms with Crippen molar-refractivity contribution in [2.75, 3.05) is 13.7 Å². The summed E-state index contributed by atoms with van der Waals surface area (Å²) in [6.45, 7) is 1.34. The highest BCUT2D eigenvalue weighted by molar-refractivity contribution is 5.87. The number of methoxy groups -OCH3 is 1. The number of piperidine rings is 1. The first kappa shape index (κ1) is 34.3. The van der Waals surface area contributed by atoms with Gasteiger partial charge in [0.05, 0.1) is 17.5 Å². The van der Waals surface area contributed by atoms with Crippen molar-refractivity contribution >= 4 is 22.6 Å². The van der Waals surface area contributed by atoms with Gasteiger partial charge in [0.25, 0.3) is 5.69 Å². The summed E-state index contributed by atoms with van der Waals surface area (Å²) in [5.41, 5.74) is -2.84. The van der Waals surface area contributed by atoms with Crippen molar-refractivity contribution < 1.29 is 42.2 Å². The molecule has 0 radical (unpaired) electrons. The Bertz CT molecular complexity index is 1820. The van der Waals surface area contributed by atoms with E-state index in [2.05, 4.69) is 0 Å². The predicted molar refractivity (Wildman–Crippen MR) is 175 cm³/mol. The van der Waals surface area contributed by atoms with Crippen molar-refractivity contribution in [1.29, 1.82) is 0 Å². The van der Waals surface area contributed by atoms with E-state index in [9.17, 15) is 20.0 Å². The van der Waals surface area contributed by atoms with Crippen LogP contribution in [0, 0.1) is 10.1 Å². The summed E-state index contributed by atoms with van der Waals surface area (Å²) in [4.78, 5) is 24.7. The predicted octanol–water partition coefficient (Wildman–Crippen LogP) is 7.14. The van der Waals surface area contributed by atoms with Gasteiger partial charge in [-0.3, -0.25) is 19.8 Å². The third-order valence-corrected chi connectivity index (χ3v) is 9.55. The van der Waals surface area contributed by atoms with E-state index in [1.165, 1.54) is 30.0 Å². The number of fused-ring (bicyclic) bond motifs is 3. The zero-order chi connectivity index (χ0) is 34.9. The summed E-state index contributed by atoms with van der Waals surface area (Å²) in [5.74, 6) is 0.768. The molecule has 3 atom stereocenters. The lowest BCUT2D eigenvalue weighted by Crippen LogP contribution is -2.56. The first-order chi connectivity index (χ1) is 23.4. The Hall–Kier alpha value is -4.62. The Morgan fingerprint density at radius 3 is 2.37 bits per heavy atom. The molecule has 0 saturated carbocycles. The monoisotopic (exact) mass is 681 g/mol. The second kappa shape index (κ2) is 13.7. The minimum absolute atomic E-state index is 0.0998. The molecule has 0 aliphatic carbocycles. The summed E-state index contributed by atoms with van der Waals surface area (Å²) >= 11 is 0. The van der Waals surface area contributed by atoms with Crippen molar-refractivity contribution in [2.45, 2.75) is 82.0 Å². The molecule has 1 N–H and O–H groups in total. The molecule has 1 aromatic heterocycles. The van der Waals surface area contributed by atoms with E-state index >= 15 is 13.2 Å². The van der Waals surface area contributed by atoms with E-state index < -0.39 is 23.2 Å². The van der Waals surface area contributed by atoms with Crippen molar-refractivity contribution in [3.05, 3.63) is 94.2 Å². The maximum Gasteiger partial charge on any atom is 0.422 e. The number of aliphatic hydroxyl groups is 1. The molecular formula is C36H38F3N3O7. The third-order valence-electron chi connectivity index (χ3n) is 9.55. The van der Waals surface area contributed by atoms with Crippen LogP contribution in [0.3, 0.4) is 0 Å². The Morgan fingerprint density at radius 2 is 1.73 bits per heavy atom. The number of non-ortho nitro benzene ring substituents is 1. The van der Waals surface area contributed by atoms with E-state index in [0.29, 0.717) is 49.4 Å². The number of carbonyl (C=O) groups excluding carboxylic acids is 1. The van der Waals surface area contributed by atoms with Gasteiger partial charge in [0, 0.05) is 66.9 Å². The van der Waals surface area contributed by atoms with Gasteiger partial charge >= 0.3 is 12.1 Å². The molecule has 6 rings (SSSR count). The van der Waals surface area contributed by atoms with E-state index in [4.69, 9.17) is 14.2 Å². The summed E-state index contributed by atoms with van der Waals surface area (Å²) < 4.78 is 64.1. The topological polar surface area (TPSA) is 116 Å². The number of esters is 1. The van der Waals surface area contributed by atoms with Crippen LogP contribution in [-0.2, 0) is 16.9 Å². The molecular weight excluding hydrogens is 643 g/mol. The first-order valence-electron chi connectivity index (χ1n) is 16.3. The fraction of sp³-hybridized carbons (Fsp3) is 0.417. The zero-order valence-corrected chi connectivity index (χ0v) is 27.2. The average Bonchev–Trinajstić information content (AvgIpc) is 3.53. The minimum Gasteiger partial charge on any atom is -0.493 e. The minimum atomic E-state index is -5.05. The van der Waals surface area contributed by atoms with E-state index in [-0.39, 0.29) is 59.3 Å². The highest BCUT2D eigenvalue weighted by Gasteiger charge is 2.59. The summed E-state index contributed by atoms with van der Waals surface area (Å²) in [7, 11) is 1.47. The smallest absolute Gasteiger partial charge is 0.422 e. The Morgan fingerprint density at radius 1 is 1.02 bits per heavy atom. The van der Waals surface area contributed by atoms with Gasteiger partial charge in [-0.1, -0.05) is 37.3 Å². The SMILES string of the molecule is CCCC(=O)Oc1ccc(OC2CC3CCC(C2)N3CC(O)(c2cn(Cc3ccccc3)c3cc([N+](=O)[O-])ccc23)C(F)(F)F)c(OC)c1. The molecule has 4 aromatic rings. The Labute approximate surface area is 281 Å². The number of hydrogen-bond acceptors (Lipinski definition) is 8. The molecule has 2 saturated heterocycles. The lowest BCUT2D eigenvalue weighted by molar-refractivity contribution is -0.384. The molecule has 260 valence electrons. The molecule has 2 bridgehead atoms. The number of nitro groups is 1. The molecule has 0 amide bonds. The number of nitro benzene ring substituents is 1. The fourth-order valence-electron chi connectivity index (χ4n) is 7.18. The van der Waals surface area contributed by atoms with Crippen LogP contribution in [0.5, 0.6) is 17.2 Å². The molecule has 2 aliphatic heterocycles. The summed E-state index contributed by atoms with van der Waals surface area (Å²) in [5, 5.41) is 23.5. The average molecular weight is 682 g/mol. The number of aromatic nitrogens is 1. The van der Waals surface area contributed by atoms with Crippen LogP contribution < -0.4 is 14.2 Å². The van der Waals surface area contributed by atoms with Crippen molar-refractivity contribution in [3.63, 3.8) is 0 Å². The number of benzene rings is 3. The van der Waals surface area contributed by atoms with Gasteiger partial charge in [0.15, 0.2) is 11.5 Å². The van der Waals surface area contributed by atoms with Crippen molar-refractivity contribution in [1.82, 2.24) is 9.47 Å². The lowest BCUT2D eigenvalue weighted by atomic mass is 9.89. The van der Waals surface area contributed by atoms with Gasteiger partial charge in [-0.2, -0.15) is 13.2 Å². The summed E-state index contributed by atoms with van der Waals surface area (Å²) in [6, 6.07) is 17.0. The highest BCUT2D eigenvalue weighted by Crippen LogP contribution is 2.47. The second-order valence-corrected chi connectivity index (χ2v) is 12.8. The molecule has 0 spiro atoms. The number of ether oxygens (including phenoxy) is 3. The number of halogens is 3. The van der Waals surface area contributed by atoms with E-state index in [1.807, 2.05) is 25.1 Å². The molecule has 3 aromatic carbocycles. The number of alkyl halides is 3. The molecule has 3 heterocycles. The molecule has 13 heteroatoms. The maximum absolute atomic E-state index is 15.1. The van der Waals surface area contributed by atoms with Crippen LogP contribution in [0.4, 0.5) is 18.9 Å². The number of carbonyl (C=O) groups is 1. The second-order valence-electron chi connectivity index (χ2n) is 12.8. The Balaban J connectivity index is 1.26. The standard InChI is InChI=1S/C36H38F3N3O7/c1-3-7-34(43)49-27-13-15-32(33(19-27)47-2)48-28-16-24-10-11-25(17-28)41(24)22-35(44,36(37,38)39)30-21-40(20-23-8-5-4-6-9-23)31-18-26(42(45)46)12-14-29(30)31/h4-6,8-9,12-15,18-19,21,24-25,28,44H,3,7,10-11,16-17,20,22H2,1-2H3. The lowest BCUT2D eigenvalue weighted by Gasteiger charge is -2.43. The van der Waals surface area contributed by atoms with Gasteiger partial charge in [-0.25, -0.2) is 0 Å². The van der Waals surface area contributed by atoms with Crippen LogP contribution in [0.1, 0.15) is 56.6 Å². The molecule has 10 nitrogen and oxygen atoms in total. The molecule has 3 unspecified atom stereocenters. The van der Waals surface area contributed by atoms with Crippen molar-refractivity contribution in [2.24, 2.45) is 0 Å². The maximum atomic E-state index is 15.1. The van der Waals surface area contributed by atoms with Gasteiger partial charge in [0.1, 0.15) is 11.9 Å². The van der Waals surface area contributed by atoms with Crippen LogP contribution in [0.15, 0.2) is 72.9 Å². The quantitative estimate of drug-likeness (QED) is 0.0727. The largest absolute Gasteiger partial charge is 0.493 e. The molecule has 2 fully saturated rings. The summed E-state index contributed by atoms with van der Waals surface area (Å²) in [6.07, 6.45) is -1.00. The van der Waals surface area contributed by atoms with Crippen molar-refractivity contribution in [3.8, 4) is 17.2 Å². The Kier molecular flexibility index (Phi) is 9.58. The molecule has 49 heavy (non-hydrogen) atoms. The highest BCUT2D eigenvalue weighted by atomic mass is 19.4. The fourth-order valence-corrected chi connectivity index (χ4v) is 7.18. The number of rotatable bonds is 12. The van der Waals surface area contributed by atoms with Gasteiger partial charge < -0.3 is 23.9 Å². The van der Waals surface area contributed by atoms with Crippen LogP contribution in [-0.4, -0.2) is 63.5 Å². The molecule has 2 aliphatic rings. The van der Waals surface area contributed by atoms with Gasteiger partial charge in [-0.15, -0.1) is 0 Å². The zero-order valence-electron chi connectivity index (χ0n) is 27.2. The normalized spacial score (nSPS) is 20.6. The van der Waals surface area contributed by atoms with Gasteiger partial charge in [0.2, 0.25) is 5.60 Å². The first-order valence-corrected chi connectivity index (χ1v) is 16.3. The van der Waals surface area contributed by atoms with Gasteiger partial charge in [-0.05, 0) is 55.9 Å². The van der Waals surface area contributed by atoms with E-state index in [0.717, 1.165) is 11.6 Å².